The first-order chi connectivity index (χ1) is 10.5. The molecule has 2 aromatic carbocycles. The lowest BCUT2D eigenvalue weighted by Gasteiger charge is -2.18. The van der Waals surface area contributed by atoms with Crippen molar-refractivity contribution >= 4 is 23.2 Å². The van der Waals surface area contributed by atoms with E-state index in [0.717, 1.165) is 5.56 Å². The highest BCUT2D eigenvalue weighted by Gasteiger charge is 2.10. The number of likely N-dealkylation sites (N-methyl/N-ethyl adjacent to an activating group) is 1. The minimum atomic E-state index is -0.513. The van der Waals surface area contributed by atoms with E-state index in [1.807, 2.05) is 0 Å². The molecule has 0 heterocycles. The number of nitrogens with zero attached hydrogens (tertiary/aromatic N) is 1. The fraction of sp³-hybridized carbons (Fsp3) is 0.188. The van der Waals surface area contributed by atoms with Crippen LogP contribution in [0, 0.1) is 11.6 Å². The van der Waals surface area contributed by atoms with Crippen molar-refractivity contribution in [2.24, 2.45) is 0 Å². The molecular formula is C16H15ClF2N2O. The van der Waals surface area contributed by atoms with E-state index < -0.39 is 5.82 Å². The van der Waals surface area contributed by atoms with Crippen LogP contribution in [-0.2, 0) is 11.3 Å². The van der Waals surface area contributed by atoms with Crippen molar-refractivity contribution in [3.8, 4) is 0 Å². The molecule has 0 aliphatic rings. The summed E-state index contributed by atoms with van der Waals surface area (Å²) in [5, 5.41) is 3.03. The minimum Gasteiger partial charge on any atom is -0.374 e. The van der Waals surface area contributed by atoms with Crippen LogP contribution < -0.4 is 5.32 Å². The fourth-order valence-corrected chi connectivity index (χ4v) is 2.05. The molecule has 0 saturated heterocycles. The number of carbonyl (C=O) groups is 1. The molecule has 0 unspecified atom stereocenters. The van der Waals surface area contributed by atoms with Gasteiger partial charge in [-0.15, -0.1) is 0 Å². The molecule has 2 rings (SSSR count). The zero-order chi connectivity index (χ0) is 16.1. The Bertz CT molecular complexity index is 662. The predicted octanol–water partition coefficient (Wildman–Crippen LogP) is 3.69. The van der Waals surface area contributed by atoms with E-state index in [0.29, 0.717) is 11.6 Å². The van der Waals surface area contributed by atoms with Crippen LogP contribution in [0.2, 0.25) is 5.02 Å². The van der Waals surface area contributed by atoms with E-state index in [1.165, 1.54) is 29.2 Å². The molecule has 2 aromatic rings. The molecule has 0 atom stereocenters. The number of rotatable bonds is 5. The molecule has 1 amide bonds. The van der Waals surface area contributed by atoms with Gasteiger partial charge in [-0.25, -0.2) is 8.78 Å². The van der Waals surface area contributed by atoms with Crippen LogP contribution in [0.15, 0.2) is 42.5 Å². The highest BCUT2D eigenvalue weighted by Crippen LogP contribution is 2.18. The Morgan fingerprint density at radius 1 is 1.18 bits per heavy atom. The maximum Gasteiger partial charge on any atom is 0.241 e. The van der Waals surface area contributed by atoms with Gasteiger partial charge in [-0.05, 0) is 35.9 Å². The van der Waals surface area contributed by atoms with Crippen LogP contribution in [0.1, 0.15) is 5.56 Å². The van der Waals surface area contributed by atoms with Gasteiger partial charge in [-0.3, -0.25) is 4.79 Å². The van der Waals surface area contributed by atoms with Gasteiger partial charge in [0.05, 0.1) is 12.2 Å². The van der Waals surface area contributed by atoms with Gasteiger partial charge < -0.3 is 10.2 Å². The van der Waals surface area contributed by atoms with E-state index in [1.54, 1.807) is 25.2 Å². The monoisotopic (exact) mass is 324 g/mol. The summed E-state index contributed by atoms with van der Waals surface area (Å²) in [4.78, 5) is 13.5. The highest BCUT2D eigenvalue weighted by atomic mass is 35.5. The SMILES string of the molecule is CN(Cc1ccc(F)cc1)C(=O)CNc1ccc(Cl)cc1F. The van der Waals surface area contributed by atoms with Crippen LogP contribution in [0.25, 0.3) is 0 Å². The lowest BCUT2D eigenvalue weighted by atomic mass is 10.2. The van der Waals surface area contributed by atoms with Crippen LogP contribution >= 0.6 is 11.6 Å². The first-order valence-corrected chi connectivity index (χ1v) is 7.01. The van der Waals surface area contributed by atoms with Gasteiger partial charge in [0.15, 0.2) is 0 Å². The normalized spacial score (nSPS) is 10.4. The molecule has 0 spiro atoms. The quantitative estimate of drug-likeness (QED) is 0.909. The fourth-order valence-electron chi connectivity index (χ4n) is 1.89. The van der Waals surface area contributed by atoms with Crippen molar-refractivity contribution in [1.82, 2.24) is 4.90 Å². The standard InChI is InChI=1S/C16H15ClF2N2O/c1-21(10-11-2-5-13(18)6-3-11)16(22)9-20-15-7-4-12(17)8-14(15)19/h2-8,20H,9-10H2,1H3. The van der Waals surface area contributed by atoms with Gasteiger partial charge in [-0.1, -0.05) is 23.7 Å². The molecule has 0 aliphatic heterocycles. The predicted molar refractivity (Wildman–Crippen MR) is 82.8 cm³/mol. The number of anilines is 1. The molecule has 0 aliphatic carbocycles. The molecule has 1 N–H and O–H groups in total. The molecule has 6 heteroatoms. The van der Waals surface area contributed by atoms with Gasteiger partial charge in [-0.2, -0.15) is 0 Å². The number of nitrogens with one attached hydrogen (secondary N) is 1. The van der Waals surface area contributed by atoms with Gasteiger partial charge in [0.25, 0.3) is 0 Å². The summed E-state index contributed by atoms with van der Waals surface area (Å²) < 4.78 is 26.4. The number of halogens is 3. The van der Waals surface area contributed by atoms with E-state index in [2.05, 4.69) is 5.32 Å². The van der Waals surface area contributed by atoms with Gasteiger partial charge in [0.1, 0.15) is 11.6 Å². The largest absolute Gasteiger partial charge is 0.374 e. The Morgan fingerprint density at radius 3 is 2.50 bits per heavy atom. The Labute approximate surface area is 132 Å². The third-order valence-electron chi connectivity index (χ3n) is 3.12. The summed E-state index contributed by atoms with van der Waals surface area (Å²) in [6, 6.07) is 10.1. The van der Waals surface area contributed by atoms with Crippen LogP contribution in [0.4, 0.5) is 14.5 Å². The van der Waals surface area contributed by atoms with Crippen molar-refractivity contribution in [1.29, 1.82) is 0 Å². The Morgan fingerprint density at radius 2 is 1.86 bits per heavy atom. The molecule has 0 aromatic heterocycles. The Hall–Kier alpha value is -2.14. The molecule has 0 radical (unpaired) electrons. The second kappa shape index (κ2) is 7.22. The smallest absolute Gasteiger partial charge is 0.241 e. The van der Waals surface area contributed by atoms with Crippen LogP contribution in [-0.4, -0.2) is 24.4 Å². The van der Waals surface area contributed by atoms with Crippen molar-refractivity contribution < 1.29 is 13.6 Å². The topological polar surface area (TPSA) is 32.3 Å². The molecule has 0 fully saturated rings. The number of benzene rings is 2. The second-order valence-corrected chi connectivity index (χ2v) is 5.29. The molecule has 116 valence electrons. The first-order valence-electron chi connectivity index (χ1n) is 6.63. The van der Waals surface area contributed by atoms with E-state index >= 15 is 0 Å². The average Bonchev–Trinajstić information content (AvgIpc) is 2.48. The van der Waals surface area contributed by atoms with Crippen LogP contribution in [0.5, 0.6) is 0 Å². The summed E-state index contributed by atoms with van der Waals surface area (Å²) in [6.45, 7) is 0.306. The van der Waals surface area contributed by atoms with E-state index in [9.17, 15) is 13.6 Å². The Kier molecular flexibility index (Phi) is 5.33. The molecule has 22 heavy (non-hydrogen) atoms. The summed E-state index contributed by atoms with van der Waals surface area (Å²) in [5.74, 6) is -1.04. The number of hydrogen-bond acceptors (Lipinski definition) is 2. The highest BCUT2D eigenvalue weighted by molar-refractivity contribution is 6.30. The van der Waals surface area contributed by atoms with Crippen molar-refractivity contribution in [2.45, 2.75) is 6.54 Å². The lowest BCUT2D eigenvalue weighted by molar-refractivity contribution is -0.128. The minimum absolute atomic E-state index is 0.0454. The lowest BCUT2D eigenvalue weighted by Crippen LogP contribution is -2.31. The van der Waals surface area contributed by atoms with E-state index in [-0.39, 0.29) is 24.0 Å². The maximum atomic E-state index is 13.6. The Balaban J connectivity index is 1.89. The molecule has 0 saturated carbocycles. The third kappa shape index (κ3) is 4.43. The van der Waals surface area contributed by atoms with Gasteiger partial charge >= 0.3 is 0 Å². The summed E-state index contributed by atoms with van der Waals surface area (Å²) in [5.41, 5.74) is 1.03. The molecular weight excluding hydrogens is 310 g/mol. The van der Waals surface area contributed by atoms with Gasteiger partial charge in [0.2, 0.25) is 5.91 Å². The van der Waals surface area contributed by atoms with Crippen LogP contribution in [0.3, 0.4) is 0 Å². The van der Waals surface area contributed by atoms with Crippen molar-refractivity contribution in [3.63, 3.8) is 0 Å². The number of carbonyl (C=O) groups excluding carboxylic acids is 1. The zero-order valence-electron chi connectivity index (χ0n) is 11.9. The average molecular weight is 325 g/mol. The van der Waals surface area contributed by atoms with E-state index in [4.69, 9.17) is 11.6 Å². The maximum absolute atomic E-state index is 13.6. The zero-order valence-corrected chi connectivity index (χ0v) is 12.7. The summed E-state index contributed by atoms with van der Waals surface area (Å²) in [7, 11) is 1.63. The van der Waals surface area contributed by atoms with Crippen molar-refractivity contribution in [3.05, 3.63) is 64.7 Å². The second-order valence-electron chi connectivity index (χ2n) is 4.85. The number of amides is 1. The summed E-state index contributed by atoms with van der Waals surface area (Å²) in [6.07, 6.45) is 0. The van der Waals surface area contributed by atoms with Crippen molar-refractivity contribution in [2.75, 3.05) is 18.9 Å². The first kappa shape index (κ1) is 16.2. The molecule has 3 nitrogen and oxygen atoms in total. The van der Waals surface area contributed by atoms with Gasteiger partial charge in [0, 0.05) is 18.6 Å². The summed E-state index contributed by atoms with van der Waals surface area (Å²) >= 11 is 5.66. The molecule has 0 bridgehead atoms. The number of hydrogen-bond donors (Lipinski definition) is 1. The third-order valence-corrected chi connectivity index (χ3v) is 3.36.